The topological polar surface area (TPSA) is 40.9 Å². The van der Waals surface area contributed by atoms with E-state index in [-0.39, 0.29) is 17.2 Å². The van der Waals surface area contributed by atoms with Gasteiger partial charge >= 0.3 is 18.0 Å². The van der Waals surface area contributed by atoms with E-state index in [2.05, 4.69) is 15.0 Å². The smallest absolute Gasteiger partial charge is 0.307 e. The molecule has 4 nitrogen and oxygen atoms in total. The molecule has 164 valence electrons. The van der Waals surface area contributed by atoms with E-state index < -0.39 is 29.7 Å². The second-order valence-corrected chi connectivity index (χ2v) is 7.45. The molecule has 0 radical (unpaired) electrons. The minimum absolute atomic E-state index is 0.0654. The highest BCUT2D eigenvalue weighted by Gasteiger charge is 2.74. The monoisotopic (exact) mass is 440 g/mol. The van der Waals surface area contributed by atoms with Gasteiger partial charge in [-0.2, -0.15) is 26.3 Å². The van der Waals surface area contributed by atoms with Crippen LogP contribution in [-0.4, -0.2) is 45.6 Å². The zero-order valence-electron chi connectivity index (χ0n) is 16.2. The van der Waals surface area contributed by atoms with Gasteiger partial charge in [-0.1, -0.05) is 43.2 Å². The van der Waals surface area contributed by atoms with E-state index in [4.69, 9.17) is 0 Å². The van der Waals surface area contributed by atoms with Crippen LogP contribution in [0.4, 0.5) is 26.3 Å². The zero-order chi connectivity index (χ0) is 22.3. The van der Waals surface area contributed by atoms with Crippen molar-refractivity contribution in [1.29, 1.82) is 0 Å². The van der Waals surface area contributed by atoms with Crippen molar-refractivity contribution in [3.05, 3.63) is 66.0 Å². The second kappa shape index (κ2) is 7.65. The molecular weight excluding hydrogens is 422 g/mol. The van der Waals surface area contributed by atoms with Gasteiger partial charge in [-0.25, -0.2) is 9.98 Å². The minimum Gasteiger partial charge on any atom is -0.307 e. The van der Waals surface area contributed by atoms with Crippen molar-refractivity contribution in [2.24, 2.45) is 9.98 Å². The van der Waals surface area contributed by atoms with Crippen LogP contribution in [0.2, 0.25) is 0 Å². The molecule has 0 atom stereocenters. The summed E-state index contributed by atoms with van der Waals surface area (Å²) >= 11 is 0. The van der Waals surface area contributed by atoms with E-state index >= 15 is 0 Å². The van der Waals surface area contributed by atoms with Crippen molar-refractivity contribution in [2.45, 2.75) is 49.7 Å². The largest absolute Gasteiger partial charge is 0.443 e. The number of pyridine rings is 1. The van der Waals surface area contributed by atoms with E-state index in [1.807, 2.05) is 0 Å². The molecule has 0 bridgehead atoms. The molecule has 0 spiro atoms. The lowest BCUT2D eigenvalue weighted by molar-refractivity contribution is -0.293. The summed E-state index contributed by atoms with van der Waals surface area (Å²) in [4.78, 5) is 11.9. The Hall–Kier alpha value is -2.91. The lowest BCUT2D eigenvalue weighted by atomic mass is 10.0. The van der Waals surface area contributed by atoms with Crippen molar-refractivity contribution < 1.29 is 26.3 Å². The zero-order valence-corrected chi connectivity index (χ0v) is 16.2. The van der Waals surface area contributed by atoms with Crippen molar-refractivity contribution in [3.63, 3.8) is 0 Å². The highest BCUT2D eigenvalue weighted by Crippen LogP contribution is 2.50. The van der Waals surface area contributed by atoms with Gasteiger partial charge in [0.25, 0.3) is 0 Å². The normalized spacial score (nSPS) is 19.9. The number of benzene rings is 1. The number of hydrogen-bond acceptors (Lipinski definition) is 4. The number of halogens is 6. The van der Waals surface area contributed by atoms with E-state index in [9.17, 15) is 26.3 Å². The molecule has 1 aliphatic carbocycles. The molecule has 1 aromatic heterocycles. The summed E-state index contributed by atoms with van der Waals surface area (Å²) in [6.07, 6.45) is -6.14. The van der Waals surface area contributed by atoms with Crippen molar-refractivity contribution in [1.82, 2.24) is 9.88 Å². The number of amidine groups is 2. The van der Waals surface area contributed by atoms with Crippen LogP contribution in [-0.2, 0) is 0 Å². The Balaban J connectivity index is 2.03. The van der Waals surface area contributed by atoms with Gasteiger partial charge in [-0.05, 0) is 25.0 Å². The van der Waals surface area contributed by atoms with Crippen LogP contribution < -0.4 is 0 Å². The molecule has 10 heteroatoms. The highest BCUT2D eigenvalue weighted by molar-refractivity contribution is 6.16. The summed E-state index contributed by atoms with van der Waals surface area (Å²) in [5, 5.41) is 0. The molecule has 1 aromatic carbocycles. The fraction of sp³-hybridized carbons (Fsp3) is 0.381. The van der Waals surface area contributed by atoms with E-state index in [0.29, 0.717) is 12.8 Å². The van der Waals surface area contributed by atoms with E-state index in [1.54, 1.807) is 18.2 Å². The molecule has 0 N–H and O–H groups in total. The van der Waals surface area contributed by atoms with Gasteiger partial charge in [0.2, 0.25) is 0 Å². The third-order valence-electron chi connectivity index (χ3n) is 5.42. The van der Waals surface area contributed by atoms with Crippen LogP contribution in [0.15, 0.2) is 64.8 Å². The summed E-state index contributed by atoms with van der Waals surface area (Å²) in [6.45, 7) is 0. The lowest BCUT2D eigenvalue weighted by Crippen LogP contribution is -2.60. The van der Waals surface area contributed by atoms with Crippen LogP contribution in [0, 0.1) is 0 Å². The number of alkyl halides is 6. The first kappa shape index (κ1) is 21.3. The third kappa shape index (κ3) is 3.68. The molecule has 1 aliphatic heterocycles. The molecule has 1 fully saturated rings. The van der Waals surface area contributed by atoms with Crippen LogP contribution in [0.5, 0.6) is 0 Å². The average Bonchev–Trinajstić information content (AvgIpc) is 3.27. The summed E-state index contributed by atoms with van der Waals surface area (Å²) in [6, 6.07) is 10.1. The van der Waals surface area contributed by atoms with Gasteiger partial charge in [-0.15, -0.1) is 0 Å². The maximum Gasteiger partial charge on any atom is 0.443 e. The van der Waals surface area contributed by atoms with Crippen LogP contribution in [0.1, 0.15) is 36.8 Å². The van der Waals surface area contributed by atoms with Crippen molar-refractivity contribution in [3.8, 4) is 0 Å². The van der Waals surface area contributed by atoms with Gasteiger partial charge in [0.1, 0.15) is 11.7 Å². The van der Waals surface area contributed by atoms with Crippen LogP contribution in [0.3, 0.4) is 0 Å². The molecule has 0 saturated heterocycles. The van der Waals surface area contributed by atoms with Gasteiger partial charge in [-0.3, -0.25) is 4.98 Å². The van der Waals surface area contributed by atoms with Crippen molar-refractivity contribution in [2.75, 3.05) is 0 Å². The molecule has 31 heavy (non-hydrogen) atoms. The quantitative estimate of drug-likeness (QED) is 0.604. The number of aromatic nitrogens is 1. The molecule has 0 amide bonds. The van der Waals surface area contributed by atoms with Gasteiger partial charge in [0.05, 0.1) is 0 Å². The standard InChI is InChI=1S/C21H18F6N4/c22-20(23,24)19(21(25,26)27)29-17(14-7-2-1-3-8-14)31(16-10-4-5-11-16)18(30-19)15-9-6-12-28-13-15/h1-3,6-9,12-13,16H,4-5,10-11H2. The number of hydrogen-bond donors (Lipinski definition) is 0. The number of rotatable bonds is 3. The molecular formula is C21H18F6N4. The molecule has 2 aliphatic rings. The van der Waals surface area contributed by atoms with E-state index in [1.165, 1.54) is 41.6 Å². The molecule has 1 saturated carbocycles. The predicted molar refractivity (Wildman–Crippen MR) is 103 cm³/mol. The Bertz CT molecular complexity index is 903. The van der Waals surface area contributed by atoms with Gasteiger partial charge < -0.3 is 4.90 Å². The Morgan fingerprint density at radius 1 is 0.774 bits per heavy atom. The molecule has 2 heterocycles. The van der Waals surface area contributed by atoms with Gasteiger partial charge in [0, 0.05) is 29.6 Å². The Morgan fingerprint density at radius 3 is 1.84 bits per heavy atom. The average molecular weight is 440 g/mol. The fourth-order valence-corrected chi connectivity index (χ4v) is 3.95. The Morgan fingerprint density at radius 2 is 1.32 bits per heavy atom. The van der Waals surface area contributed by atoms with Crippen LogP contribution in [0.25, 0.3) is 0 Å². The maximum atomic E-state index is 14.0. The third-order valence-corrected chi connectivity index (χ3v) is 5.42. The van der Waals surface area contributed by atoms with Crippen LogP contribution >= 0.6 is 0 Å². The Labute approximate surface area is 174 Å². The first-order chi connectivity index (χ1) is 14.6. The maximum absolute atomic E-state index is 14.0. The highest BCUT2D eigenvalue weighted by atomic mass is 19.4. The lowest BCUT2D eigenvalue weighted by Gasteiger charge is -2.42. The fourth-order valence-electron chi connectivity index (χ4n) is 3.95. The van der Waals surface area contributed by atoms with E-state index in [0.717, 1.165) is 12.8 Å². The van der Waals surface area contributed by atoms with Gasteiger partial charge in [0.15, 0.2) is 0 Å². The SMILES string of the molecule is FC(F)(F)C1(C(F)(F)F)N=C(c2ccccc2)N(C2CCCC2)C(c2cccnc2)=N1. The van der Waals surface area contributed by atoms with Crippen molar-refractivity contribution >= 4 is 11.7 Å². The predicted octanol–water partition coefficient (Wildman–Crippen LogP) is 5.35. The first-order valence-corrected chi connectivity index (χ1v) is 9.72. The summed E-state index contributed by atoms with van der Waals surface area (Å²) in [5.74, 6) is -0.820. The first-order valence-electron chi connectivity index (χ1n) is 9.72. The second-order valence-electron chi connectivity index (χ2n) is 7.45. The molecule has 4 rings (SSSR count). The number of aliphatic imine (C=N–C) groups is 2. The Kier molecular flexibility index (Phi) is 5.26. The summed E-state index contributed by atoms with van der Waals surface area (Å²) in [5.41, 5.74) is -4.38. The summed E-state index contributed by atoms with van der Waals surface area (Å²) < 4.78 is 84.0. The number of nitrogens with zero attached hydrogens (tertiary/aromatic N) is 4. The molecule has 0 unspecified atom stereocenters. The molecule has 2 aromatic rings. The minimum atomic E-state index is -5.79. The summed E-state index contributed by atoms with van der Waals surface area (Å²) in [7, 11) is 0.